The van der Waals surface area contributed by atoms with Gasteiger partial charge in [-0.1, -0.05) is 5.21 Å². The van der Waals surface area contributed by atoms with E-state index in [9.17, 15) is 4.79 Å². The van der Waals surface area contributed by atoms with E-state index in [-0.39, 0.29) is 5.97 Å². The molecule has 0 aliphatic heterocycles. The van der Waals surface area contributed by atoms with Gasteiger partial charge in [0.25, 0.3) is 0 Å². The molecule has 5 nitrogen and oxygen atoms in total. The number of ether oxygens (including phenoxy) is 1. The standard InChI is InChI=1S/C7H11N3O2S/c1-12-7(11)5-13-3-2-6-4-8-10-9-6/h4H,2-3,5H2,1H3,(H,8,9,10). The summed E-state index contributed by atoms with van der Waals surface area (Å²) < 4.78 is 4.49. The fourth-order valence-electron chi connectivity index (χ4n) is 0.739. The SMILES string of the molecule is COC(=O)CSCCc1c[nH]nn1. The van der Waals surface area contributed by atoms with Crippen molar-refractivity contribution in [3.63, 3.8) is 0 Å². The molecule has 0 fully saturated rings. The van der Waals surface area contributed by atoms with Gasteiger partial charge in [-0.15, -0.1) is 16.9 Å². The lowest BCUT2D eigenvalue weighted by molar-refractivity contribution is -0.137. The summed E-state index contributed by atoms with van der Waals surface area (Å²) in [5, 5.41) is 10.0. The van der Waals surface area contributed by atoms with Crippen LogP contribution in [0.25, 0.3) is 0 Å². The molecule has 0 aliphatic carbocycles. The van der Waals surface area contributed by atoms with Gasteiger partial charge in [0.05, 0.1) is 18.6 Å². The number of methoxy groups -OCH3 is 1. The van der Waals surface area contributed by atoms with Crippen molar-refractivity contribution in [1.82, 2.24) is 15.4 Å². The largest absolute Gasteiger partial charge is 0.468 e. The monoisotopic (exact) mass is 201 g/mol. The Morgan fingerprint density at radius 1 is 1.77 bits per heavy atom. The maximum Gasteiger partial charge on any atom is 0.315 e. The first kappa shape index (κ1) is 10.0. The lowest BCUT2D eigenvalue weighted by atomic mass is 10.4. The Balaban J connectivity index is 2.05. The molecule has 13 heavy (non-hydrogen) atoms. The minimum atomic E-state index is -0.190. The molecule has 1 rings (SSSR count). The number of hydrogen-bond acceptors (Lipinski definition) is 5. The number of H-pyrrole nitrogens is 1. The molecule has 0 aromatic carbocycles. The first-order chi connectivity index (χ1) is 6.33. The van der Waals surface area contributed by atoms with E-state index in [1.165, 1.54) is 18.9 Å². The molecule has 0 unspecified atom stereocenters. The van der Waals surface area contributed by atoms with Crippen LogP contribution in [-0.4, -0.2) is 40.0 Å². The first-order valence-electron chi connectivity index (χ1n) is 3.83. The van der Waals surface area contributed by atoms with E-state index in [1.54, 1.807) is 6.20 Å². The summed E-state index contributed by atoms with van der Waals surface area (Å²) in [5.41, 5.74) is 0.914. The number of carbonyl (C=O) groups is 1. The van der Waals surface area contributed by atoms with Crippen LogP contribution in [0.15, 0.2) is 6.20 Å². The molecule has 0 aliphatic rings. The summed E-state index contributed by atoms with van der Waals surface area (Å²) >= 11 is 1.53. The average Bonchev–Trinajstić information content (AvgIpc) is 2.64. The van der Waals surface area contributed by atoms with Crippen molar-refractivity contribution in [2.75, 3.05) is 18.6 Å². The van der Waals surface area contributed by atoms with Crippen molar-refractivity contribution in [2.24, 2.45) is 0 Å². The number of esters is 1. The van der Waals surface area contributed by atoms with Crippen molar-refractivity contribution in [3.8, 4) is 0 Å². The lowest BCUT2D eigenvalue weighted by Crippen LogP contribution is -2.04. The Hall–Kier alpha value is -1.04. The molecule has 72 valence electrons. The Bertz CT molecular complexity index is 250. The predicted molar refractivity (Wildman–Crippen MR) is 49.4 cm³/mol. The van der Waals surface area contributed by atoms with Crippen molar-refractivity contribution in [1.29, 1.82) is 0 Å². The molecule has 0 bridgehead atoms. The van der Waals surface area contributed by atoms with Gasteiger partial charge in [-0.3, -0.25) is 9.89 Å². The highest BCUT2D eigenvalue weighted by molar-refractivity contribution is 7.99. The van der Waals surface area contributed by atoms with Crippen LogP contribution >= 0.6 is 11.8 Å². The number of aromatic nitrogens is 3. The van der Waals surface area contributed by atoms with Gasteiger partial charge in [-0.25, -0.2) is 0 Å². The number of aryl methyl sites for hydroxylation is 1. The maximum atomic E-state index is 10.7. The molecule has 1 aromatic rings. The van der Waals surface area contributed by atoms with E-state index in [4.69, 9.17) is 0 Å². The van der Waals surface area contributed by atoms with Gasteiger partial charge in [0.1, 0.15) is 0 Å². The smallest absolute Gasteiger partial charge is 0.315 e. The number of aromatic amines is 1. The van der Waals surface area contributed by atoms with E-state index in [0.717, 1.165) is 17.9 Å². The number of rotatable bonds is 5. The summed E-state index contributed by atoms with van der Waals surface area (Å²) in [6, 6.07) is 0. The Morgan fingerprint density at radius 3 is 3.23 bits per heavy atom. The first-order valence-corrected chi connectivity index (χ1v) is 4.98. The highest BCUT2D eigenvalue weighted by atomic mass is 32.2. The second-order valence-electron chi connectivity index (χ2n) is 2.34. The molecule has 0 radical (unpaired) electrons. The summed E-state index contributed by atoms with van der Waals surface area (Å²) in [5.74, 6) is 1.06. The normalized spacial score (nSPS) is 9.92. The van der Waals surface area contributed by atoms with E-state index < -0.39 is 0 Å². The molecule has 0 saturated carbocycles. The number of nitrogens with zero attached hydrogens (tertiary/aromatic N) is 2. The summed E-state index contributed by atoms with van der Waals surface area (Å²) in [6.45, 7) is 0. The summed E-state index contributed by atoms with van der Waals surface area (Å²) in [6.07, 6.45) is 2.57. The third kappa shape index (κ3) is 3.93. The molecule has 1 N–H and O–H groups in total. The fourth-order valence-corrected chi connectivity index (χ4v) is 1.52. The highest BCUT2D eigenvalue weighted by Gasteiger charge is 2.00. The summed E-state index contributed by atoms with van der Waals surface area (Å²) in [7, 11) is 1.39. The lowest BCUT2D eigenvalue weighted by Gasteiger charge is -1.97. The van der Waals surface area contributed by atoms with E-state index in [2.05, 4.69) is 20.1 Å². The van der Waals surface area contributed by atoms with Gasteiger partial charge in [0, 0.05) is 12.6 Å². The van der Waals surface area contributed by atoms with Crippen molar-refractivity contribution in [2.45, 2.75) is 6.42 Å². The third-order valence-corrected chi connectivity index (χ3v) is 2.35. The van der Waals surface area contributed by atoms with E-state index >= 15 is 0 Å². The van der Waals surface area contributed by atoms with Crippen LogP contribution < -0.4 is 0 Å². The highest BCUT2D eigenvalue weighted by Crippen LogP contribution is 2.03. The second kappa shape index (κ2) is 5.58. The van der Waals surface area contributed by atoms with Crippen molar-refractivity contribution < 1.29 is 9.53 Å². The van der Waals surface area contributed by atoms with Crippen LogP contribution in [0.1, 0.15) is 5.69 Å². The van der Waals surface area contributed by atoms with Gasteiger partial charge in [0.15, 0.2) is 0 Å². The zero-order valence-electron chi connectivity index (χ0n) is 7.32. The van der Waals surface area contributed by atoms with Crippen LogP contribution in [0.5, 0.6) is 0 Å². The molecular weight excluding hydrogens is 190 g/mol. The maximum absolute atomic E-state index is 10.7. The Kier molecular flexibility index (Phi) is 4.31. The average molecular weight is 201 g/mol. The molecule has 6 heteroatoms. The van der Waals surface area contributed by atoms with Gasteiger partial charge in [0.2, 0.25) is 0 Å². The Labute approximate surface area is 80.2 Å². The van der Waals surface area contributed by atoms with Crippen LogP contribution in [0, 0.1) is 0 Å². The summed E-state index contributed by atoms with van der Waals surface area (Å²) in [4.78, 5) is 10.7. The quantitative estimate of drug-likeness (QED) is 0.546. The third-order valence-electron chi connectivity index (χ3n) is 1.42. The molecule has 0 amide bonds. The molecule has 0 atom stereocenters. The Morgan fingerprint density at radius 2 is 2.62 bits per heavy atom. The minimum absolute atomic E-state index is 0.190. The van der Waals surface area contributed by atoms with Gasteiger partial charge < -0.3 is 4.74 Å². The molecular formula is C7H11N3O2S. The molecule has 1 aromatic heterocycles. The van der Waals surface area contributed by atoms with Gasteiger partial charge in [-0.05, 0) is 5.75 Å². The molecule has 0 saturated heterocycles. The number of hydrogen-bond donors (Lipinski definition) is 1. The van der Waals surface area contributed by atoms with E-state index in [1.807, 2.05) is 0 Å². The predicted octanol–water partition coefficient (Wildman–Crippen LogP) is 0.253. The van der Waals surface area contributed by atoms with Crippen LogP contribution in [-0.2, 0) is 16.0 Å². The van der Waals surface area contributed by atoms with Crippen LogP contribution in [0.2, 0.25) is 0 Å². The number of thioether (sulfide) groups is 1. The molecule has 0 spiro atoms. The molecule has 1 heterocycles. The fraction of sp³-hybridized carbons (Fsp3) is 0.571. The van der Waals surface area contributed by atoms with Crippen LogP contribution in [0.4, 0.5) is 0 Å². The number of carbonyl (C=O) groups excluding carboxylic acids is 1. The van der Waals surface area contributed by atoms with E-state index in [0.29, 0.717) is 5.75 Å². The van der Waals surface area contributed by atoms with Crippen molar-refractivity contribution in [3.05, 3.63) is 11.9 Å². The van der Waals surface area contributed by atoms with Crippen LogP contribution in [0.3, 0.4) is 0 Å². The second-order valence-corrected chi connectivity index (χ2v) is 3.45. The number of nitrogens with one attached hydrogen (secondary N) is 1. The topological polar surface area (TPSA) is 67.9 Å². The van der Waals surface area contributed by atoms with Crippen molar-refractivity contribution >= 4 is 17.7 Å². The zero-order chi connectivity index (χ0) is 9.52. The van der Waals surface area contributed by atoms with Gasteiger partial charge >= 0.3 is 5.97 Å². The van der Waals surface area contributed by atoms with Gasteiger partial charge in [-0.2, -0.15) is 0 Å². The zero-order valence-corrected chi connectivity index (χ0v) is 8.13. The minimum Gasteiger partial charge on any atom is -0.468 e.